The van der Waals surface area contributed by atoms with Gasteiger partial charge in [-0.1, -0.05) is 36.4 Å². The Hall–Kier alpha value is -2.03. The first kappa shape index (κ1) is 12.4. The highest BCUT2D eigenvalue weighted by molar-refractivity contribution is 5.94. The predicted octanol–water partition coefficient (Wildman–Crippen LogP) is 2.76. The predicted molar refractivity (Wildman–Crippen MR) is 75.4 cm³/mol. The van der Waals surface area contributed by atoms with Gasteiger partial charge in [0.2, 0.25) is 5.91 Å². The van der Waals surface area contributed by atoms with Crippen LogP contribution in [0.25, 0.3) is 10.8 Å². The standard InChI is InChI=1S/C15H18N2O/c1-15(2,14(16)18)10-17-13-9-5-7-11-6-3-4-8-12(11)13/h3-9,17H,10H2,1-2H3,(H2,16,18). The maximum atomic E-state index is 11.3. The Bertz CT molecular complexity index is 570. The number of nitrogens with two attached hydrogens (primary N) is 1. The molecule has 0 heterocycles. The van der Waals surface area contributed by atoms with Gasteiger partial charge in [-0.2, -0.15) is 0 Å². The van der Waals surface area contributed by atoms with E-state index in [4.69, 9.17) is 5.73 Å². The van der Waals surface area contributed by atoms with E-state index >= 15 is 0 Å². The van der Waals surface area contributed by atoms with Gasteiger partial charge in [-0.05, 0) is 25.3 Å². The number of rotatable bonds is 4. The van der Waals surface area contributed by atoms with Crippen LogP contribution in [0, 0.1) is 5.41 Å². The van der Waals surface area contributed by atoms with Crippen molar-refractivity contribution in [2.45, 2.75) is 13.8 Å². The van der Waals surface area contributed by atoms with Gasteiger partial charge < -0.3 is 11.1 Å². The number of nitrogens with one attached hydrogen (secondary N) is 1. The fraction of sp³-hybridized carbons (Fsp3) is 0.267. The van der Waals surface area contributed by atoms with Crippen molar-refractivity contribution in [3.8, 4) is 0 Å². The van der Waals surface area contributed by atoms with Crippen molar-refractivity contribution in [3.05, 3.63) is 42.5 Å². The van der Waals surface area contributed by atoms with E-state index < -0.39 is 5.41 Å². The second-order valence-electron chi connectivity index (χ2n) is 5.13. The fourth-order valence-electron chi connectivity index (χ4n) is 1.78. The van der Waals surface area contributed by atoms with E-state index in [-0.39, 0.29) is 5.91 Å². The van der Waals surface area contributed by atoms with E-state index in [1.807, 2.05) is 38.1 Å². The Morgan fingerprint density at radius 3 is 2.56 bits per heavy atom. The van der Waals surface area contributed by atoms with Crippen LogP contribution in [0.4, 0.5) is 5.69 Å². The number of benzene rings is 2. The van der Waals surface area contributed by atoms with Crippen molar-refractivity contribution in [3.63, 3.8) is 0 Å². The summed E-state index contributed by atoms with van der Waals surface area (Å²) in [6.45, 7) is 4.21. The number of anilines is 1. The van der Waals surface area contributed by atoms with Crippen LogP contribution in [-0.2, 0) is 4.79 Å². The average molecular weight is 242 g/mol. The molecular formula is C15H18N2O. The zero-order valence-electron chi connectivity index (χ0n) is 10.7. The van der Waals surface area contributed by atoms with Crippen molar-refractivity contribution >= 4 is 22.4 Å². The molecule has 94 valence electrons. The molecule has 18 heavy (non-hydrogen) atoms. The van der Waals surface area contributed by atoms with Crippen LogP contribution in [0.1, 0.15) is 13.8 Å². The molecule has 0 bridgehead atoms. The van der Waals surface area contributed by atoms with Gasteiger partial charge in [-0.25, -0.2) is 0 Å². The molecule has 3 N–H and O–H groups in total. The monoisotopic (exact) mass is 242 g/mol. The van der Waals surface area contributed by atoms with Gasteiger partial charge in [0.25, 0.3) is 0 Å². The number of hydrogen-bond donors (Lipinski definition) is 2. The van der Waals surface area contributed by atoms with Gasteiger partial charge >= 0.3 is 0 Å². The zero-order valence-corrected chi connectivity index (χ0v) is 10.7. The lowest BCUT2D eigenvalue weighted by atomic mass is 9.92. The number of hydrogen-bond acceptors (Lipinski definition) is 2. The van der Waals surface area contributed by atoms with E-state index in [0.717, 1.165) is 11.1 Å². The third-order valence-corrected chi connectivity index (χ3v) is 3.18. The highest BCUT2D eigenvalue weighted by Crippen LogP contribution is 2.24. The molecule has 0 saturated carbocycles. The summed E-state index contributed by atoms with van der Waals surface area (Å²) in [5.74, 6) is -0.296. The number of carbonyl (C=O) groups is 1. The number of fused-ring (bicyclic) bond motifs is 1. The molecule has 0 fully saturated rings. The lowest BCUT2D eigenvalue weighted by Gasteiger charge is -2.22. The number of amides is 1. The topological polar surface area (TPSA) is 55.1 Å². The van der Waals surface area contributed by atoms with Gasteiger partial charge in [0.05, 0.1) is 5.41 Å². The Morgan fingerprint density at radius 1 is 1.17 bits per heavy atom. The lowest BCUT2D eigenvalue weighted by Crippen LogP contribution is -2.37. The summed E-state index contributed by atoms with van der Waals surface area (Å²) in [4.78, 5) is 11.3. The average Bonchev–Trinajstić information content (AvgIpc) is 2.36. The molecule has 2 aromatic rings. The van der Waals surface area contributed by atoms with Gasteiger partial charge in [-0.3, -0.25) is 4.79 Å². The largest absolute Gasteiger partial charge is 0.383 e. The molecule has 0 spiro atoms. The summed E-state index contributed by atoms with van der Waals surface area (Å²) in [5.41, 5.74) is 5.84. The molecule has 0 atom stereocenters. The highest BCUT2D eigenvalue weighted by Gasteiger charge is 2.24. The maximum absolute atomic E-state index is 11.3. The molecule has 0 aliphatic rings. The Kier molecular flexibility index (Phi) is 3.24. The molecule has 0 aliphatic carbocycles. The fourth-order valence-corrected chi connectivity index (χ4v) is 1.78. The lowest BCUT2D eigenvalue weighted by molar-refractivity contribution is -0.125. The summed E-state index contributed by atoms with van der Waals surface area (Å²) in [6.07, 6.45) is 0. The van der Waals surface area contributed by atoms with Gasteiger partial charge in [0.15, 0.2) is 0 Å². The molecule has 0 saturated heterocycles. The summed E-state index contributed by atoms with van der Waals surface area (Å²) >= 11 is 0. The summed E-state index contributed by atoms with van der Waals surface area (Å²) < 4.78 is 0. The second kappa shape index (κ2) is 4.69. The smallest absolute Gasteiger partial charge is 0.224 e. The first-order valence-electron chi connectivity index (χ1n) is 6.02. The van der Waals surface area contributed by atoms with Crippen LogP contribution in [0.5, 0.6) is 0 Å². The quantitative estimate of drug-likeness (QED) is 0.866. The van der Waals surface area contributed by atoms with Crippen molar-refractivity contribution in [2.24, 2.45) is 11.1 Å². The minimum atomic E-state index is -0.559. The van der Waals surface area contributed by atoms with E-state index in [2.05, 4.69) is 23.5 Å². The van der Waals surface area contributed by atoms with E-state index in [1.165, 1.54) is 5.39 Å². The summed E-state index contributed by atoms with van der Waals surface area (Å²) in [6, 6.07) is 14.2. The SMILES string of the molecule is CC(C)(CNc1cccc2ccccc12)C(N)=O. The maximum Gasteiger partial charge on any atom is 0.224 e. The molecule has 2 aromatic carbocycles. The zero-order chi connectivity index (χ0) is 13.2. The third kappa shape index (κ3) is 2.45. The molecule has 1 amide bonds. The second-order valence-corrected chi connectivity index (χ2v) is 5.13. The summed E-state index contributed by atoms with van der Waals surface area (Å²) in [7, 11) is 0. The molecule has 3 nitrogen and oxygen atoms in total. The van der Waals surface area contributed by atoms with Crippen molar-refractivity contribution < 1.29 is 4.79 Å². The van der Waals surface area contributed by atoms with E-state index in [9.17, 15) is 4.79 Å². The Balaban J connectivity index is 2.25. The number of primary amides is 1. The van der Waals surface area contributed by atoms with E-state index in [0.29, 0.717) is 6.54 Å². The Morgan fingerprint density at radius 2 is 1.83 bits per heavy atom. The van der Waals surface area contributed by atoms with Crippen LogP contribution in [0.15, 0.2) is 42.5 Å². The number of carbonyl (C=O) groups excluding carboxylic acids is 1. The molecule has 0 aromatic heterocycles. The van der Waals surface area contributed by atoms with Crippen LogP contribution in [0.2, 0.25) is 0 Å². The molecule has 2 rings (SSSR count). The van der Waals surface area contributed by atoms with Gasteiger partial charge in [-0.15, -0.1) is 0 Å². The van der Waals surface area contributed by atoms with Crippen LogP contribution in [0.3, 0.4) is 0 Å². The summed E-state index contributed by atoms with van der Waals surface area (Å²) in [5, 5.41) is 5.64. The third-order valence-electron chi connectivity index (χ3n) is 3.18. The van der Waals surface area contributed by atoms with Crippen LogP contribution in [-0.4, -0.2) is 12.5 Å². The minimum Gasteiger partial charge on any atom is -0.383 e. The molecule has 0 aliphatic heterocycles. The molecule has 3 heteroatoms. The first-order chi connectivity index (χ1) is 8.50. The highest BCUT2D eigenvalue weighted by atomic mass is 16.1. The van der Waals surface area contributed by atoms with Gasteiger partial charge in [0, 0.05) is 17.6 Å². The van der Waals surface area contributed by atoms with E-state index in [1.54, 1.807) is 0 Å². The Labute approximate surface area is 107 Å². The van der Waals surface area contributed by atoms with Crippen LogP contribution >= 0.6 is 0 Å². The van der Waals surface area contributed by atoms with Crippen molar-refractivity contribution in [1.82, 2.24) is 0 Å². The normalized spacial score (nSPS) is 11.4. The van der Waals surface area contributed by atoms with Gasteiger partial charge in [0.1, 0.15) is 0 Å². The van der Waals surface area contributed by atoms with Crippen molar-refractivity contribution in [1.29, 1.82) is 0 Å². The minimum absolute atomic E-state index is 0.296. The molecule has 0 radical (unpaired) electrons. The van der Waals surface area contributed by atoms with Crippen LogP contribution < -0.4 is 11.1 Å². The molecular weight excluding hydrogens is 224 g/mol. The first-order valence-corrected chi connectivity index (χ1v) is 6.02. The molecule has 0 unspecified atom stereocenters. The van der Waals surface area contributed by atoms with Crippen molar-refractivity contribution in [2.75, 3.05) is 11.9 Å².